The average molecular weight is 785 g/mol. The van der Waals surface area contributed by atoms with Crippen LogP contribution in [-0.4, -0.2) is 19.9 Å². The Labute approximate surface area is 353 Å². The first-order chi connectivity index (χ1) is 29.7. The molecule has 5 heteroatoms. The van der Waals surface area contributed by atoms with E-state index in [1.165, 1.54) is 32.0 Å². The predicted octanol–water partition coefficient (Wildman–Crippen LogP) is 13.6. The summed E-state index contributed by atoms with van der Waals surface area (Å²) < 4.78 is 0. The van der Waals surface area contributed by atoms with Gasteiger partial charge in [0.15, 0.2) is 17.5 Å². The lowest BCUT2D eigenvalue weighted by Gasteiger charge is -2.42. The van der Waals surface area contributed by atoms with E-state index in [1.54, 1.807) is 0 Å². The highest BCUT2D eigenvalue weighted by Crippen LogP contribution is 2.56. The highest BCUT2D eigenvalue weighted by molar-refractivity contribution is 7.99. The van der Waals surface area contributed by atoms with E-state index in [2.05, 4.69) is 146 Å². The minimum absolute atomic E-state index is 0.602. The summed E-state index contributed by atoms with van der Waals surface area (Å²) >= 11 is 1.85. The second-order valence-electron chi connectivity index (χ2n) is 15.0. The molecular formula is C55H36N4S. The Hall–Kier alpha value is -7.47. The highest BCUT2D eigenvalue weighted by Gasteiger charge is 2.44. The van der Waals surface area contributed by atoms with Gasteiger partial charge in [0.2, 0.25) is 0 Å². The van der Waals surface area contributed by atoms with Crippen LogP contribution in [-0.2, 0) is 5.41 Å². The van der Waals surface area contributed by atoms with E-state index >= 15 is 0 Å². The average Bonchev–Trinajstić information content (AvgIpc) is 3.33. The molecule has 0 spiro atoms. The number of rotatable bonds is 7. The molecule has 1 aliphatic rings. The third kappa shape index (κ3) is 6.19. The van der Waals surface area contributed by atoms with Crippen molar-refractivity contribution in [3.05, 3.63) is 241 Å². The van der Waals surface area contributed by atoms with E-state index in [1.807, 2.05) is 84.7 Å². The van der Waals surface area contributed by atoms with E-state index in [-0.39, 0.29) is 0 Å². The Balaban J connectivity index is 1.06. The lowest BCUT2D eigenvalue weighted by molar-refractivity contribution is 0.703. The fourth-order valence-corrected chi connectivity index (χ4v) is 9.91. The van der Waals surface area contributed by atoms with Crippen molar-refractivity contribution in [2.24, 2.45) is 0 Å². The number of fused-ring (bicyclic) bond motifs is 3. The molecule has 0 radical (unpaired) electrons. The van der Waals surface area contributed by atoms with Gasteiger partial charge in [0.1, 0.15) is 0 Å². The number of hydrogen-bond donors (Lipinski definition) is 0. The molecule has 60 heavy (non-hydrogen) atoms. The maximum atomic E-state index is 4.98. The molecule has 3 heterocycles. The number of aromatic nitrogens is 4. The van der Waals surface area contributed by atoms with Gasteiger partial charge in [0, 0.05) is 43.6 Å². The monoisotopic (exact) mass is 784 g/mol. The Morgan fingerprint density at radius 1 is 0.350 bits per heavy atom. The topological polar surface area (TPSA) is 51.6 Å². The molecule has 0 bridgehead atoms. The Bertz CT molecular complexity index is 3070. The molecule has 10 aromatic rings. The van der Waals surface area contributed by atoms with Gasteiger partial charge in [-0.05, 0) is 69.3 Å². The van der Waals surface area contributed by atoms with Gasteiger partial charge in [-0.15, -0.1) is 0 Å². The van der Waals surface area contributed by atoms with E-state index in [0.29, 0.717) is 17.5 Å². The van der Waals surface area contributed by atoms with Crippen molar-refractivity contribution < 1.29 is 0 Å². The Kier molecular flexibility index (Phi) is 8.94. The van der Waals surface area contributed by atoms with Crippen LogP contribution in [0.5, 0.6) is 0 Å². The Morgan fingerprint density at radius 2 is 0.817 bits per heavy atom. The van der Waals surface area contributed by atoms with Gasteiger partial charge in [-0.1, -0.05) is 194 Å². The zero-order chi connectivity index (χ0) is 39.9. The normalized spacial score (nSPS) is 12.7. The molecular weight excluding hydrogens is 749 g/mol. The molecule has 0 saturated carbocycles. The number of nitrogens with zero attached hydrogens (tertiary/aromatic N) is 4. The van der Waals surface area contributed by atoms with E-state index in [4.69, 9.17) is 19.9 Å². The second-order valence-corrected chi connectivity index (χ2v) is 16.1. The van der Waals surface area contributed by atoms with Crippen LogP contribution >= 0.6 is 11.8 Å². The van der Waals surface area contributed by atoms with Gasteiger partial charge in [0.25, 0.3) is 0 Å². The summed E-state index contributed by atoms with van der Waals surface area (Å²) in [7, 11) is 0. The molecule has 4 nitrogen and oxygen atoms in total. The highest BCUT2D eigenvalue weighted by atomic mass is 32.2. The second kappa shape index (κ2) is 15.0. The summed E-state index contributed by atoms with van der Waals surface area (Å²) in [6.45, 7) is 0. The SMILES string of the molecule is c1ccc(-c2nc(-c3ccccc3)nc(-c3ccc(-c4cccc(C5(c6cccc(-c7cccc8cccnc78)c6)c6ccccc6Sc6ccccc65)c4)cc3)n2)cc1. The summed E-state index contributed by atoms with van der Waals surface area (Å²) in [6.07, 6.45) is 1.88. The number of para-hydroxylation sites is 1. The fraction of sp³-hybridized carbons (Fsp3) is 0.0182. The maximum absolute atomic E-state index is 4.98. The van der Waals surface area contributed by atoms with Crippen LogP contribution in [0.2, 0.25) is 0 Å². The number of benzene rings is 8. The fourth-order valence-electron chi connectivity index (χ4n) is 8.72. The first-order valence-corrected chi connectivity index (χ1v) is 20.9. The summed E-state index contributed by atoms with van der Waals surface area (Å²) in [4.78, 5) is 22.2. The van der Waals surface area contributed by atoms with Crippen molar-refractivity contribution in [3.63, 3.8) is 0 Å². The molecule has 282 valence electrons. The third-order valence-electron chi connectivity index (χ3n) is 11.5. The van der Waals surface area contributed by atoms with Crippen LogP contribution in [0.4, 0.5) is 0 Å². The van der Waals surface area contributed by atoms with Crippen molar-refractivity contribution in [2.45, 2.75) is 15.2 Å². The molecule has 8 aromatic carbocycles. The van der Waals surface area contributed by atoms with Crippen molar-refractivity contribution in [1.29, 1.82) is 0 Å². The summed E-state index contributed by atoms with van der Waals surface area (Å²) in [5.74, 6) is 1.93. The third-order valence-corrected chi connectivity index (χ3v) is 12.7. The van der Waals surface area contributed by atoms with Crippen LogP contribution in [0.25, 0.3) is 67.3 Å². The predicted molar refractivity (Wildman–Crippen MR) is 245 cm³/mol. The molecule has 0 amide bonds. The van der Waals surface area contributed by atoms with Crippen LogP contribution in [0.3, 0.4) is 0 Å². The standard InChI is InChI=1S/C55H36N4S/c1-3-15-39(16-4-1)52-57-53(40-17-5-2-6-18-40)59-54(58-52)41-32-30-37(31-33-41)42-20-11-23-44(35-42)55(47-26-7-9-28-49(47)60-50-29-10-8-27-48(50)55)45-24-12-21-43(36-45)46-25-13-19-38-22-14-34-56-51(38)46/h1-36H. The van der Waals surface area contributed by atoms with Crippen LogP contribution in [0.1, 0.15) is 22.3 Å². The quantitative estimate of drug-likeness (QED) is 0.161. The van der Waals surface area contributed by atoms with Gasteiger partial charge >= 0.3 is 0 Å². The molecule has 0 fully saturated rings. The molecule has 0 N–H and O–H groups in total. The smallest absolute Gasteiger partial charge is 0.164 e. The van der Waals surface area contributed by atoms with Crippen molar-refractivity contribution in [2.75, 3.05) is 0 Å². The van der Waals surface area contributed by atoms with Gasteiger partial charge in [-0.2, -0.15) is 0 Å². The van der Waals surface area contributed by atoms with Gasteiger partial charge < -0.3 is 0 Å². The zero-order valence-electron chi connectivity index (χ0n) is 32.5. The summed E-state index contributed by atoms with van der Waals surface area (Å²) in [5.41, 5.74) is 12.7. The molecule has 11 rings (SSSR count). The molecule has 1 aliphatic heterocycles. The lowest BCUT2D eigenvalue weighted by Crippen LogP contribution is -2.34. The lowest BCUT2D eigenvalue weighted by atomic mass is 9.64. The van der Waals surface area contributed by atoms with E-state index in [9.17, 15) is 0 Å². The number of hydrogen-bond acceptors (Lipinski definition) is 5. The van der Waals surface area contributed by atoms with Crippen molar-refractivity contribution in [3.8, 4) is 56.4 Å². The summed E-state index contributed by atoms with van der Waals surface area (Å²) in [6, 6.07) is 75.4. The molecule has 0 saturated heterocycles. The van der Waals surface area contributed by atoms with E-state index in [0.717, 1.165) is 49.8 Å². The molecule has 2 aromatic heterocycles. The zero-order valence-corrected chi connectivity index (χ0v) is 33.3. The minimum atomic E-state index is -0.602. The van der Waals surface area contributed by atoms with Crippen LogP contribution in [0, 0.1) is 0 Å². The van der Waals surface area contributed by atoms with Gasteiger partial charge in [0.05, 0.1) is 10.9 Å². The number of pyridine rings is 1. The van der Waals surface area contributed by atoms with Crippen LogP contribution in [0.15, 0.2) is 228 Å². The summed E-state index contributed by atoms with van der Waals surface area (Å²) in [5, 5.41) is 1.13. The molecule has 0 unspecified atom stereocenters. The largest absolute Gasteiger partial charge is 0.256 e. The van der Waals surface area contributed by atoms with Crippen molar-refractivity contribution >= 4 is 22.7 Å². The van der Waals surface area contributed by atoms with Gasteiger partial charge in [-0.3, -0.25) is 4.98 Å². The first-order valence-electron chi connectivity index (χ1n) is 20.1. The van der Waals surface area contributed by atoms with Crippen molar-refractivity contribution in [1.82, 2.24) is 19.9 Å². The molecule has 0 atom stereocenters. The Morgan fingerprint density at radius 3 is 1.43 bits per heavy atom. The minimum Gasteiger partial charge on any atom is -0.256 e. The van der Waals surface area contributed by atoms with Crippen LogP contribution < -0.4 is 0 Å². The first kappa shape index (κ1) is 35.7. The van der Waals surface area contributed by atoms with E-state index < -0.39 is 5.41 Å². The molecule has 0 aliphatic carbocycles. The maximum Gasteiger partial charge on any atom is 0.164 e. The van der Waals surface area contributed by atoms with Gasteiger partial charge in [-0.25, -0.2) is 15.0 Å².